The lowest BCUT2D eigenvalue weighted by Crippen LogP contribution is -2.15. The number of anilines is 1. The van der Waals surface area contributed by atoms with Crippen molar-refractivity contribution in [3.8, 4) is 17.2 Å². The standard InChI is InChI=1S/C22H23NO7S2/c1-15-14-22(30-32(26,27)20-11-7-18(29-4)8-12-20)16(2)13-21(15)23-31(24,25)19-9-5-17(28-3)6-10-19/h5-14,23H,1-4H3. The summed E-state index contributed by atoms with van der Waals surface area (Å²) in [7, 11) is -4.96. The zero-order chi connectivity index (χ0) is 23.5. The van der Waals surface area contributed by atoms with Crippen LogP contribution < -0.4 is 18.4 Å². The molecule has 3 rings (SSSR count). The quantitative estimate of drug-likeness (QED) is 0.490. The zero-order valence-electron chi connectivity index (χ0n) is 17.9. The van der Waals surface area contributed by atoms with E-state index in [0.29, 0.717) is 28.3 Å². The number of methoxy groups -OCH3 is 2. The fraction of sp³-hybridized carbons (Fsp3) is 0.182. The summed E-state index contributed by atoms with van der Waals surface area (Å²) < 4.78 is 68.6. The van der Waals surface area contributed by atoms with Crippen molar-refractivity contribution in [2.75, 3.05) is 18.9 Å². The molecule has 32 heavy (non-hydrogen) atoms. The Hall–Kier alpha value is -3.24. The Morgan fingerprint density at radius 2 is 1.19 bits per heavy atom. The molecule has 0 unspecified atom stereocenters. The third kappa shape index (κ3) is 5.14. The molecule has 0 aromatic heterocycles. The number of aryl methyl sites for hydroxylation is 2. The summed E-state index contributed by atoms with van der Waals surface area (Å²) in [6.45, 7) is 3.28. The summed E-state index contributed by atoms with van der Waals surface area (Å²) in [6.07, 6.45) is 0. The molecule has 3 aromatic carbocycles. The van der Waals surface area contributed by atoms with Gasteiger partial charge in [-0.3, -0.25) is 4.72 Å². The minimum absolute atomic E-state index is 0.0281. The van der Waals surface area contributed by atoms with Crippen LogP contribution in [0.3, 0.4) is 0 Å². The van der Waals surface area contributed by atoms with Crippen molar-refractivity contribution in [2.24, 2.45) is 0 Å². The molecular weight excluding hydrogens is 454 g/mol. The molecule has 0 aliphatic carbocycles. The highest BCUT2D eigenvalue weighted by atomic mass is 32.2. The molecule has 0 saturated heterocycles. The molecule has 3 aromatic rings. The lowest BCUT2D eigenvalue weighted by atomic mass is 10.1. The first-order valence-corrected chi connectivity index (χ1v) is 12.3. The first kappa shape index (κ1) is 23.4. The molecule has 0 spiro atoms. The van der Waals surface area contributed by atoms with E-state index in [9.17, 15) is 16.8 Å². The first-order chi connectivity index (χ1) is 15.1. The van der Waals surface area contributed by atoms with E-state index in [1.165, 1.54) is 62.8 Å². The van der Waals surface area contributed by atoms with Gasteiger partial charge in [0, 0.05) is 0 Å². The maximum Gasteiger partial charge on any atom is 0.339 e. The van der Waals surface area contributed by atoms with Crippen LogP contribution in [0.4, 0.5) is 5.69 Å². The van der Waals surface area contributed by atoms with E-state index >= 15 is 0 Å². The third-order valence-corrected chi connectivity index (χ3v) is 7.31. The van der Waals surface area contributed by atoms with Crippen molar-refractivity contribution in [2.45, 2.75) is 23.6 Å². The van der Waals surface area contributed by atoms with Gasteiger partial charge in [0.05, 0.1) is 24.8 Å². The fourth-order valence-electron chi connectivity index (χ4n) is 2.86. The smallest absolute Gasteiger partial charge is 0.339 e. The molecule has 170 valence electrons. The van der Waals surface area contributed by atoms with Crippen LogP contribution in [-0.2, 0) is 20.1 Å². The van der Waals surface area contributed by atoms with Gasteiger partial charge >= 0.3 is 10.1 Å². The van der Waals surface area contributed by atoms with E-state index in [1.807, 2.05) is 0 Å². The topological polar surface area (TPSA) is 108 Å². The minimum Gasteiger partial charge on any atom is -0.497 e. The van der Waals surface area contributed by atoms with Crippen molar-refractivity contribution in [1.82, 2.24) is 0 Å². The number of benzene rings is 3. The average Bonchev–Trinajstić information content (AvgIpc) is 2.77. The SMILES string of the molecule is COc1ccc(S(=O)(=O)Nc2cc(C)c(OS(=O)(=O)c3ccc(OC)cc3)cc2C)cc1. The summed E-state index contributed by atoms with van der Waals surface area (Å²) in [5, 5.41) is 0. The molecule has 10 heteroatoms. The van der Waals surface area contributed by atoms with E-state index in [1.54, 1.807) is 26.0 Å². The second-order valence-electron chi connectivity index (χ2n) is 6.93. The highest BCUT2D eigenvalue weighted by Crippen LogP contribution is 2.30. The summed E-state index contributed by atoms with van der Waals surface area (Å²) >= 11 is 0. The number of sulfonamides is 1. The molecular formula is C22H23NO7S2. The largest absolute Gasteiger partial charge is 0.497 e. The van der Waals surface area contributed by atoms with Gasteiger partial charge in [-0.1, -0.05) is 0 Å². The Morgan fingerprint density at radius 1 is 0.688 bits per heavy atom. The van der Waals surface area contributed by atoms with Crippen molar-refractivity contribution >= 4 is 25.8 Å². The first-order valence-electron chi connectivity index (χ1n) is 9.42. The predicted molar refractivity (Wildman–Crippen MR) is 121 cm³/mol. The van der Waals surface area contributed by atoms with Gasteiger partial charge in [-0.15, -0.1) is 0 Å². The van der Waals surface area contributed by atoms with Crippen LogP contribution in [0.25, 0.3) is 0 Å². The van der Waals surface area contributed by atoms with E-state index in [-0.39, 0.29) is 15.5 Å². The van der Waals surface area contributed by atoms with Crippen LogP contribution in [-0.4, -0.2) is 31.1 Å². The number of ether oxygens (including phenoxy) is 2. The van der Waals surface area contributed by atoms with Gasteiger partial charge in [0.1, 0.15) is 22.1 Å². The van der Waals surface area contributed by atoms with E-state index < -0.39 is 20.1 Å². The molecule has 0 bridgehead atoms. The lowest BCUT2D eigenvalue weighted by molar-refractivity contribution is 0.414. The molecule has 0 amide bonds. The Bertz CT molecular complexity index is 1210. The van der Waals surface area contributed by atoms with Gasteiger partial charge in [0.15, 0.2) is 0 Å². The number of nitrogens with one attached hydrogen (secondary N) is 1. The second-order valence-corrected chi connectivity index (χ2v) is 10.2. The molecule has 0 fully saturated rings. The third-order valence-electron chi connectivity index (χ3n) is 4.68. The molecule has 0 heterocycles. The lowest BCUT2D eigenvalue weighted by Gasteiger charge is -2.15. The zero-order valence-corrected chi connectivity index (χ0v) is 19.6. The molecule has 0 aliphatic rings. The molecule has 0 atom stereocenters. The molecule has 0 saturated carbocycles. The molecule has 0 radical (unpaired) electrons. The Balaban J connectivity index is 1.85. The Morgan fingerprint density at radius 3 is 1.69 bits per heavy atom. The Kier molecular flexibility index (Phi) is 6.65. The number of hydrogen-bond donors (Lipinski definition) is 1. The van der Waals surface area contributed by atoms with Gasteiger partial charge < -0.3 is 13.7 Å². The van der Waals surface area contributed by atoms with Gasteiger partial charge in [-0.2, -0.15) is 8.42 Å². The summed E-state index contributed by atoms with van der Waals surface area (Å²) in [4.78, 5) is 0.0393. The molecule has 8 nitrogen and oxygen atoms in total. The second kappa shape index (κ2) is 9.09. The van der Waals surface area contributed by atoms with Crippen molar-refractivity contribution in [3.63, 3.8) is 0 Å². The van der Waals surface area contributed by atoms with Gasteiger partial charge in [0.25, 0.3) is 10.0 Å². The highest BCUT2D eigenvalue weighted by molar-refractivity contribution is 7.92. The van der Waals surface area contributed by atoms with Gasteiger partial charge in [-0.25, -0.2) is 8.42 Å². The van der Waals surface area contributed by atoms with E-state index in [4.69, 9.17) is 13.7 Å². The number of hydrogen-bond acceptors (Lipinski definition) is 7. The summed E-state index contributed by atoms with van der Waals surface area (Å²) in [5.41, 5.74) is 1.25. The van der Waals surface area contributed by atoms with E-state index in [0.717, 1.165) is 0 Å². The maximum absolute atomic E-state index is 12.7. The van der Waals surface area contributed by atoms with Crippen molar-refractivity contribution in [3.05, 3.63) is 71.8 Å². The van der Waals surface area contributed by atoms with Gasteiger partial charge in [-0.05, 0) is 85.6 Å². The van der Waals surface area contributed by atoms with Gasteiger partial charge in [0.2, 0.25) is 0 Å². The summed E-state index contributed by atoms with van der Waals surface area (Å²) in [6, 6.07) is 14.8. The highest BCUT2D eigenvalue weighted by Gasteiger charge is 2.21. The van der Waals surface area contributed by atoms with Crippen LogP contribution in [0.1, 0.15) is 11.1 Å². The maximum atomic E-state index is 12.7. The van der Waals surface area contributed by atoms with Crippen LogP contribution in [0.15, 0.2) is 70.5 Å². The molecule has 0 aliphatic heterocycles. The summed E-state index contributed by atoms with van der Waals surface area (Å²) in [5.74, 6) is 1.16. The number of rotatable bonds is 8. The monoisotopic (exact) mass is 477 g/mol. The van der Waals surface area contributed by atoms with E-state index in [2.05, 4.69) is 4.72 Å². The van der Waals surface area contributed by atoms with Crippen LogP contribution in [0, 0.1) is 13.8 Å². The van der Waals surface area contributed by atoms with Crippen molar-refractivity contribution in [1.29, 1.82) is 0 Å². The van der Waals surface area contributed by atoms with Crippen LogP contribution in [0.5, 0.6) is 17.2 Å². The van der Waals surface area contributed by atoms with Crippen molar-refractivity contribution < 1.29 is 30.5 Å². The Labute approximate surface area is 187 Å². The minimum atomic E-state index is -4.08. The van der Waals surface area contributed by atoms with Crippen LogP contribution in [0.2, 0.25) is 0 Å². The molecule has 1 N–H and O–H groups in total. The average molecular weight is 478 g/mol. The van der Waals surface area contributed by atoms with Crippen LogP contribution >= 0.6 is 0 Å². The normalized spacial score (nSPS) is 11.6. The predicted octanol–water partition coefficient (Wildman–Crippen LogP) is 3.89. The fourth-order valence-corrected chi connectivity index (χ4v) is 4.96.